The Hall–Kier alpha value is -1.57. The van der Waals surface area contributed by atoms with Crippen molar-refractivity contribution in [3.05, 3.63) is 36.0 Å². The van der Waals surface area contributed by atoms with Crippen LogP contribution >= 0.6 is 0 Å². The summed E-state index contributed by atoms with van der Waals surface area (Å²) in [5.41, 5.74) is 2.24. The second kappa shape index (κ2) is 3.66. The van der Waals surface area contributed by atoms with Crippen LogP contribution in [0.1, 0.15) is 12.5 Å². The molecule has 0 atom stereocenters. The summed E-state index contributed by atoms with van der Waals surface area (Å²) in [4.78, 5) is 4.30. The van der Waals surface area contributed by atoms with Crippen molar-refractivity contribution in [2.24, 2.45) is 0 Å². The first-order chi connectivity index (χ1) is 6.81. The zero-order chi connectivity index (χ0) is 9.97. The number of hydrogen-bond acceptors (Lipinski definition) is 2. The zero-order valence-electron chi connectivity index (χ0n) is 8.45. The highest BCUT2D eigenvalue weighted by Gasteiger charge is 1.99. The van der Waals surface area contributed by atoms with Crippen LogP contribution < -0.4 is 4.74 Å². The molecule has 72 valence electrons. The Balaban J connectivity index is 2.56. The van der Waals surface area contributed by atoms with Crippen molar-refractivity contribution < 1.29 is 4.74 Å². The molecule has 14 heavy (non-hydrogen) atoms. The fraction of sp³-hybridized carbons (Fsp3) is 0.250. The quantitative estimate of drug-likeness (QED) is 0.721. The van der Waals surface area contributed by atoms with E-state index in [9.17, 15) is 0 Å². The number of benzene rings is 1. The lowest BCUT2D eigenvalue weighted by molar-refractivity contribution is 0.340. The van der Waals surface area contributed by atoms with Gasteiger partial charge >= 0.3 is 0 Å². The van der Waals surface area contributed by atoms with Crippen LogP contribution in [-0.4, -0.2) is 11.6 Å². The van der Waals surface area contributed by atoms with E-state index in [-0.39, 0.29) is 0 Å². The molecule has 0 saturated heterocycles. The maximum Gasteiger partial charge on any atom is 0.121 e. The molecule has 0 unspecified atom stereocenters. The molecule has 1 aromatic carbocycles. The van der Waals surface area contributed by atoms with Gasteiger partial charge < -0.3 is 4.74 Å². The summed E-state index contributed by atoms with van der Waals surface area (Å²) in [5.74, 6) is 0.887. The van der Waals surface area contributed by atoms with Gasteiger partial charge in [0.05, 0.1) is 12.1 Å². The van der Waals surface area contributed by atoms with Gasteiger partial charge in [0.15, 0.2) is 0 Å². The molecule has 2 rings (SSSR count). The average Bonchev–Trinajstić information content (AvgIpc) is 2.18. The molecule has 2 nitrogen and oxygen atoms in total. The molecule has 0 aliphatic heterocycles. The van der Waals surface area contributed by atoms with E-state index in [1.54, 1.807) is 0 Å². The van der Waals surface area contributed by atoms with E-state index in [1.165, 1.54) is 10.9 Å². The van der Waals surface area contributed by atoms with E-state index in [0.29, 0.717) is 6.61 Å². The lowest BCUT2D eigenvalue weighted by Gasteiger charge is -2.05. The third kappa shape index (κ3) is 1.55. The summed E-state index contributed by atoms with van der Waals surface area (Å²) in [5, 5.41) is 1.19. The number of rotatable bonds is 2. The van der Waals surface area contributed by atoms with Gasteiger partial charge in [-0.3, -0.25) is 4.98 Å². The largest absolute Gasteiger partial charge is 0.494 e. The molecule has 0 N–H and O–H groups in total. The van der Waals surface area contributed by atoms with E-state index in [0.717, 1.165) is 11.3 Å². The van der Waals surface area contributed by atoms with Gasteiger partial charge in [-0.1, -0.05) is 0 Å². The number of aromatic nitrogens is 1. The van der Waals surface area contributed by atoms with Crippen LogP contribution in [0.3, 0.4) is 0 Å². The van der Waals surface area contributed by atoms with E-state index in [2.05, 4.69) is 18.0 Å². The first-order valence-corrected chi connectivity index (χ1v) is 4.79. The van der Waals surface area contributed by atoms with Crippen molar-refractivity contribution in [2.75, 3.05) is 6.61 Å². The minimum Gasteiger partial charge on any atom is -0.494 e. The Kier molecular flexibility index (Phi) is 2.35. The summed E-state index contributed by atoms with van der Waals surface area (Å²) < 4.78 is 5.41. The molecule has 0 aliphatic carbocycles. The maximum atomic E-state index is 5.41. The van der Waals surface area contributed by atoms with Crippen LogP contribution in [0.15, 0.2) is 30.5 Å². The summed E-state index contributed by atoms with van der Waals surface area (Å²) in [6.07, 6.45) is 1.83. The first-order valence-electron chi connectivity index (χ1n) is 4.79. The molecule has 0 spiro atoms. The molecule has 0 saturated carbocycles. The number of aryl methyl sites for hydroxylation is 1. The van der Waals surface area contributed by atoms with Crippen molar-refractivity contribution >= 4 is 10.9 Å². The van der Waals surface area contributed by atoms with Gasteiger partial charge in [0.2, 0.25) is 0 Å². The fourth-order valence-electron chi connectivity index (χ4n) is 1.53. The highest BCUT2D eigenvalue weighted by Crippen LogP contribution is 2.21. The number of hydrogen-bond donors (Lipinski definition) is 0. The molecule has 0 fully saturated rings. The Bertz CT molecular complexity index is 451. The van der Waals surface area contributed by atoms with E-state index < -0.39 is 0 Å². The van der Waals surface area contributed by atoms with Crippen LogP contribution in [0.2, 0.25) is 0 Å². The highest BCUT2D eigenvalue weighted by molar-refractivity contribution is 5.82. The fourth-order valence-corrected chi connectivity index (χ4v) is 1.53. The average molecular weight is 187 g/mol. The van der Waals surface area contributed by atoms with Crippen LogP contribution in [0, 0.1) is 6.92 Å². The van der Waals surface area contributed by atoms with Crippen LogP contribution in [0.5, 0.6) is 5.75 Å². The van der Waals surface area contributed by atoms with Gasteiger partial charge in [-0.05, 0) is 37.6 Å². The Labute approximate surface area is 83.5 Å². The molecule has 2 heteroatoms. The number of pyridine rings is 1. The van der Waals surface area contributed by atoms with Gasteiger partial charge in [-0.25, -0.2) is 0 Å². The smallest absolute Gasteiger partial charge is 0.121 e. The van der Waals surface area contributed by atoms with Gasteiger partial charge in [0, 0.05) is 17.6 Å². The third-order valence-corrected chi connectivity index (χ3v) is 2.24. The maximum absolute atomic E-state index is 5.41. The van der Waals surface area contributed by atoms with Crippen molar-refractivity contribution in [3.63, 3.8) is 0 Å². The van der Waals surface area contributed by atoms with Crippen LogP contribution in [-0.2, 0) is 0 Å². The van der Waals surface area contributed by atoms with E-state index in [4.69, 9.17) is 4.74 Å². The highest BCUT2D eigenvalue weighted by atomic mass is 16.5. The molecule has 0 bridgehead atoms. The predicted octanol–water partition coefficient (Wildman–Crippen LogP) is 2.94. The van der Waals surface area contributed by atoms with Crippen molar-refractivity contribution in [2.45, 2.75) is 13.8 Å². The molecule has 1 aromatic heterocycles. The van der Waals surface area contributed by atoms with Gasteiger partial charge in [0.25, 0.3) is 0 Å². The van der Waals surface area contributed by atoms with Crippen LogP contribution in [0.4, 0.5) is 0 Å². The zero-order valence-corrected chi connectivity index (χ0v) is 8.45. The molecule has 2 aromatic rings. The minimum absolute atomic E-state index is 0.692. The van der Waals surface area contributed by atoms with E-state index >= 15 is 0 Å². The number of ether oxygens (including phenoxy) is 1. The third-order valence-electron chi connectivity index (χ3n) is 2.24. The van der Waals surface area contributed by atoms with Gasteiger partial charge in [-0.15, -0.1) is 0 Å². The summed E-state index contributed by atoms with van der Waals surface area (Å²) in [7, 11) is 0. The normalized spacial score (nSPS) is 10.4. The first kappa shape index (κ1) is 9.00. The second-order valence-electron chi connectivity index (χ2n) is 3.24. The Morgan fingerprint density at radius 3 is 2.93 bits per heavy atom. The molecule has 0 amide bonds. The molecule has 0 aliphatic rings. The second-order valence-corrected chi connectivity index (χ2v) is 3.24. The SMILES string of the molecule is CCOc1ccc2c(C)ccnc2c1. The van der Waals surface area contributed by atoms with Crippen molar-refractivity contribution in [3.8, 4) is 5.75 Å². The molecule has 0 radical (unpaired) electrons. The number of nitrogens with zero attached hydrogens (tertiary/aromatic N) is 1. The summed E-state index contributed by atoms with van der Waals surface area (Å²) in [6, 6.07) is 8.04. The Morgan fingerprint density at radius 1 is 1.29 bits per heavy atom. The minimum atomic E-state index is 0.692. The van der Waals surface area contributed by atoms with Crippen molar-refractivity contribution in [1.82, 2.24) is 4.98 Å². The lowest BCUT2D eigenvalue weighted by atomic mass is 10.1. The standard InChI is InChI=1S/C12H13NO/c1-3-14-10-4-5-11-9(2)6-7-13-12(11)8-10/h4-8H,3H2,1-2H3. The van der Waals surface area contributed by atoms with Crippen molar-refractivity contribution in [1.29, 1.82) is 0 Å². The summed E-state index contributed by atoms with van der Waals surface area (Å²) in [6.45, 7) is 4.76. The monoisotopic (exact) mass is 187 g/mol. The van der Waals surface area contributed by atoms with Gasteiger partial charge in [-0.2, -0.15) is 0 Å². The topological polar surface area (TPSA) is 22.1 Å². The van der Waals surface area contributed by atoms with Crippen LogP contribution in [0.25, 0.3) is 10.9 Å². The summed E-state index contributed by atoms with van der Waals surface area (Å²) >= 11 is 0. The van der Waals surface area contributed by atoms with E-state index in [1.807, 2.05) is 31.3 Å². The Morgan fingerprint density at radius 2 is 2.14 bits per heavy atom. The molecular weight excluding hydrogens is 174 g/mol. The molecular formula is C12H13NO. The van der Waals surface area contributed by atoms with Gasteiger partial charge in [0.1, 0.15) is 5.75 Å². The lowest BCUT2D eigenvalue weighted by Crippen LogP contribution is -1.91. The molecule has 1 heterocycles. The predicted molar refractivity (Wildman–Crippen MR) is 57.6 cm³/mol. The number of fused-ring (bicyclic) bond motifs is 1.